The van der Waals surface area contributed by atoms with Crippen molar-refractivity contribution in [1.82, 2.24) is 15.2 Å². The number of H-pyrrole nitrogens is 1. The quantitative estimate of drug-likeness (QED) is 0.399. The summed E-state index contributed by atoms with van der Waals surface area (Å²) in [6.45, 7) is 4.75. The molecule has 0 atom stereocenters. The second-order valence-electron chi connectivity index (χ2n) is 6.47. The van der Waals surface area contributed by atoms with Crippen LogP contribution in [0.15, 0.2) is 46.6 Å². The molecular formula is C21H25N3O3S2. The third-order valence-corrected chi connectivity index (χ3v) is 5.62. The summed E-state index contributed by atoms with van der Waals surface area (Å²) in [5.74, 6) is 0.783. The molecule has 0 radical (unpaired) electrons. The summed E-state index contributed by atoms with van der Waals surface area (Å²) in [4.78, 5) is 18.8. The van der Waals surface area contributed by atoms with E-state index >= 15 is 0 Å². The Kier molecular flexibility index (Phi) is 7.62. The number of ether oxygens (including phenoxy) is 2. The van der Waals surface area contributed by atoms with Gasteiger partial charge >= 0.3 is 0 Å². The minimum atomic E-state index is -0.113. The number of pyridine rings is 1. The van der Waals surface area contributed by atoms with Crippen molar-refractivity contribution in [2.24, 2.45) is 0 Å². The van der Waals surface area contributed by atoms with Crippen LogP contribution in [0.4, 0.5) is 0 Å². The first-order chi connectivity index (χ1) is 14.1. The first-order valence-corrected chi connectivity index (χ1v) is 10.7. The monoisotopic (exact) mass is 431 g/mol. The molecule has 29 heavy (non-hydrogen) atoms. The fourth-order valence-electron chi connectivity index (χ4n) is 2.97. The molecule has 0 saturated heterocycles. The van der Waals surface area contributed by atoms with Crippen LogP contribution in [0.2, 0.25) is 0 Å². The Morgan fingerprint density at radius 2 is 2.14 bits per heavy atom. The van der Waals surface area contributed by atoms with Crippen molar-refractivity contribution < 1.29 is 9.47 Å². The molecule has 2 heterocycles. The standard InChI is InChI=1S/C21H25N3O3S2/c1-3-27-17-6-7-19-15(12-17)11-16(20(25)23-19)13-24(14-18-5-4-10-29-18)21(28)22-8-9-26-2/h4-7,10-12H,3,8-9,13-14H2,1-2H3,(H,22,28)(H,23,25). The molecule has 8 heteroatoms. The van der Waals surface area contributed by atoms with Gasteiger partial charge in [-0.1, -0.05) is 6.07 Å². The lowest BCUT2D eigenvalue weighted by atomic mass is 10.1. The van der Waals surface area contributed by atoms with Gasteiger partial charge in [-0.25, -0.2) is 0 Å². The first-order valence-electron chi connectivity index (χ1n) is 9.43. The van der Waals surface area contributed by atoms with Gasteiger partial charge in [-0.15, -0.1) is 11.3 Å². The lowest BCUT2D eigenvalue weighted by Crippen LogP contribution is -2.41. The van der Waals surface area contributed by atoms with E-state index in [-0.39, 0.29) is 5.56 Å². The van der Waals surface area contributed by atoms with Gasteiger partial charge < -0.3 is 24.7 Å². The predicted molar refractivity (Wildman–Crippen MR) is 122 cm³/mol. The molecule has 2 aromatic heterocycles. The van der Waals surface area contributed by atoms with Crippen molar-refractivity contribution >= 4 is 39.6 Å². The molecule has 0 spiro atoms. The highest BCUT2D eigenvalue weighted by atomic mass is 32.1. The minimum absolute atomic E-state index is 0.113. The number of aromatic nitrogens is 1. The Bertz CT molecular complexity index is 1000. The second kappa shape index (κ2) is 10.4. The van der Waals surface area contributed by atoms with Gasteiger partial charge in [0, 0.05) is 35.0 Å². The van der Waals surface area contributed by atoms with E-state index < -0.39 is 0 Å². The average molecular weight is 432 g/mol. The Morgan fingerprint density at radius 1 is 1.28 bits per heavy atom. The largest absolute Gasteiger partial charge is 0.494 e. The van der Waals surface area contributed by atoms with Gasteiger partial charge in [0.1, 0.15) is 5.75 Å². The molecule has 0 aliphatic rings. The molecule has 0 saturated carbocycles. The third-order valence-electron chi connectivity index (χ3n) is 4.36. The maximum atomic E-state index is 12.7. The Balaban J connectivity index is 1.86. The Labute approximate surface area is 179 Å². The van der Waals surface area contributed by atoms with Crippen molar-refractivity contribution in [3.8, 4) is 5.75 Å². The molecule has 0 fully saturated rings. The van der Waals surface area contributed by atoms with E-state index in [1.54, 1.807) is 18.4 Å². The molecule has 6 nitrogen and oxygen atoms in total. The van der Waals surface area contributed by atoms with Crippen molar-refractivity contribution in [2.75, 3.05) is 26.9 Å². The van der Waals surface area contributed by atoms with E-state index in [9.17, 15) is 4.79 Å². The van der Waals surface area contributed by atoms with E-state index in [1.165, 1.54) is 4.88 Å². The summed E-state index contributed by atoms with van der Waals surface area (Å²) in [5, 5.41) is 6.76. The summed E-state index contributed by atoms with van der Waals surface area (Å²) in [6, 6.07) is 11.7. The molecule has 3 rings (SSSR count). The number of methoxy groups -OCH3 is 1. The van der Waals surface area contributed by atoms with E-state index in [0.29, 0.717) is 43.5 Å². The lowest BCUT2D eigenvalue weighted by molar-refractivity contribution is 0.202. The number of benzene rings is 1. The van der Waals surface area contributed by atoms with Crippen LogP contribution in [-0.4, -0.2) is 41.9 Å². The Hall–Kier alpha value is -2.42. The van der Waals surface area contributed by atoms with Crippen LogP contribution >= 0.6 is 23.6 Å². The summed E-state index contributed by atoms with van der Waals surface area (Å²) in [7, 11) is 1.65. The topological polar surface area (TPSA) is 66.6 Å². The normalized spacial score (nSPS) is 10.8. The van der Waals surface area contributed by atoms with Crippen molar-refractivity contribution in [3.05, 3.63) is 62.6 Å². The van der Waals surface area contributed by atoms with Gasteiger partial charge in [0.05, 0.1) is 26.3 Å². The SMILES string of the molecule is CCOc1ccc2[nH]c(=O)c(CN(Cc3cccs3)C(=S)NCCOC)cc2c1. The minimum Gasteiger partial charge on any atom is -0.494 e. The number of hydrogen-bond donors (Lipinski definition) is 2. The van der Waals surface area contributed by atoms with E-state index in [4.69, 9.17) is 21.7 Å². The molecular weight excluding hydrogens is 406 g/mol. The number of nitrogens with zero attached hydrogens (tertiary/aromatic N) is 1. The summed E-state index contributed by atoms with van der Waals surface area (Å²) in [5.41, 5.74) is 1.32. The average Bonchev–Trinajstić information content (AvgIpc) is 3.22. The third kappa shape index (κ3) is 5.79. The van der Waals surface area contributed by atoms with Crippen LogP contribution in [0.1, 0.15) is 17.4 Å². The van der Waals surface area contributed by atoms with Crippen LogP contribution < -0.4 is 15.6 Å². The molecule has 0 unspecified atom stereocenters. The molecule has 2 N–H and O–H groups in total. The zero-order chi connectivity index (χ0) is 20.6. The number of thiophene rings is 1. The predicted octanol–water partition coefficient (Wildman–Crippen LogP) is 3.51. The number of aromatic amines is 1. The zero-order valence-electron chi connectivity index (χ0n) is 16.6. The van der Waals surface area contributed by atoms with E-state index in [0.717, 1.165) is 16.7 Å². The van der Waals surface area contributed by atoms with E-state index in [2.05, 4.69) is 16.4 Å². The first kappa shape index (κ1) is 21.3. The maximum absolute atomic E-state index is 12.7. The molecule has 1 aromatic carbocycles. The molecule has 0 amide bonds. The summed E-state index contributed by atoms with van der Waals surface area (Å²) in [6.07, 6.45) is 0. The van der Waals surface area contributed by atoms with Crippen LogP contribution in [-0.2, 0) is 17.8 Å². The summed E-state index contributed by atoms with van der Waals surface area (Å²) < 4.78 is 10.7. The highest BCUT2D eigenvalue weighted by Gasteiger charge is 2.14. The molecule has 0 bridgehead atoms. The zero-order valence-corrected chi connectivity index (χ0v) is 18.2. The lowest BCUT2D eigenvalue weighted by Gasteiger charge is -2.25. The molecule has 154 valence electrons. The number of rotatable bonds is 9. The van der Waals surface area contributed by atoms with Crippen LogP contribution in [0.3, 0.4) is 0 Å². The number of thiocarbonyl (C=S) groups is 1. The molecule has 0 aliphatic carbocycles. The maximum Gasteiger partial charge on any atom is 0.253 e. The van der Waals surface area contributed by atoms with Gasteiger partial charge in [0.25, 0.3) is 5.56 Å². The van der Waals surface area contributed by atoms with Crippen molar-refractivity contribution in [2.45, 2.75) is 20.0 Å². The van der Waals surface area contributed by atoms with Crippen molar-refractivity contribution in [1.29, 1.82) is 0 Å². The highest BCUT2D eigenvalue weighted by molar-refractivity contribution is 7.80. The van der Waals surface area contributed by atoms with Gasteiger partial charge in [0.15, 0.2) is 5.11 Å². The van der Waals surface area contributed by atoms with E-state index in [1.807, 2.05) is 47.5 Å². The molecule has 0 aliphatic heterocycles. The van der Waals surface area contributed by atoms with Crippen molar-refractivity contribution in [3.63, 3.8) is 0 Å². The smallest absolute Gasteiger partial charge is 0.253 e. The number of nitrogens with one attached hydrogen (secondary N) is 2. The van der Waals surface area contributed by atoms with Crippen LogP contribution in [0.25, 0.3) is 10.9 Å². The summed E-state index contributed by atoms with van der Waals surface area (Å²) >= 11 is 7.25. The van der Waals surface area contributed by atoms with Gasteiger partial charge in [-0.05, 0) is 54.9 Å². The van der Waals surface area contributed by atoms with Crippen LogP contribution in [0.5, 0.6) is 5.75 Å². The van der Waals surface area contributed by atoms with Gasteiger partial charge in [0.2, 0.25) is 0 Å². The number of fused-ring (bicyclic) bond motifs is 1. The fraction of sp³-hybridized carbons (Fsp3) is 0.333. The van der Waals surface area contributed by atoms with Gasteiger partial charge in [-0.3, -0.25) is 4.79 Å². The highest BCUT2D eigenvalue weighted by Crippen LogP contribution is 2.20. The second-order valence-corrected chi connectivity index (χ2v) is 7.88. The molecule has 3 aromatic rings. The number of hydrogen-bond acceptors (Lipinski definition) is 5. The van der Waals surface area contributed by atoms with Gasteiger partial charge in [-0.2, -0.15) is 0 Å². The van der Waals surface area contributed by atoms with Crippen LogP contribution in [0, 0.1) is 0 Å². The fourth-order valence-corrected chi connectivity index (χ4v) is 3.92. The Morgan fingerprint density at radius 3 is 2.86 bits per heavy atom.